The van der Waals surface area contributed by atoms with E-state index in [2.05, 4.69) is 10.0 Å². The minimum atomic E-state index is -3.39. The van der Waals surface area contributed by atoms with Gasteiger partial charge in [0.05, 0.1) is 12.7 Å². The van der Waals surface area contributed by atoms with Crippen LogP contribution < -0.4 is 10.0 Å². The van der Waals surface area contributed by atoms with Gasteiger partial charge in [0.1, 0.15) is 6.04 Å². The minimum absolute atomic E-state index is 0.0320. The molecule has 22 heavy (non-hydrogen) atoms. The first-order chi connectivity index (χ1) is 10.1. The van der Waals surface area contributed by atoms with Gasteiger partial charge in [-0.25, -0.2) is 13.2 Å². The molecule has 0 unspecified atom stereocenters. The van der Waals surface area contributed by atoms with Gasteiger partial charge < -0.3 is 10.4 Å². The van der Waals surface area contributed by atoms with Crippen molar-refractivity contribution in [3.63, 3.8) is 0 Å². The minimum Gasteiger partial charge on any atom is -0.480 e. The molecule has 0 saturated carbocycles. The smallest absolute Gasteiger partial charge is 0.326 e. The summed E-state index contributed by atoms with van der Waals surface area (Å²) < 4.78 is 24.7. The van der Waals surface area contributed by atoms with Crippen LogP contribution in [0.2, 0.25) is 0 Å². The van der Waals surface area contributed by atoms with Gasteiger partial charge in [-0.1, -0.05) is 26.0 Å². The van der Waals surface area contributed by atoms with Crippen LogP contribution >= 0.6 is 0 Å². The van der Waals surface area contributed by atoms with Crippen LogP contribution in [0.3, 0.4) is 0 Å². The predicted octanol–water partition coefficient (Wildman–Crippen LogP) is 0.826. The number of carbonyl (C=O) groups is 2. The number of rotatable bonds is 7. The Labute approximate surface area is 129 Å². The average Bonchev–Trinajstić information content (AvgIpc) is 2.33. The number of carboxylic acid groups (broad SMARTS) is 1. The van der Waals surface area contributed by atoms with Gasteiger partial charge >= 0.3 is 5.97 Å². The van der Waals surface area contributed by atoms with E-state index in [9.17, 15) is 18.0 Å². The van der Waals surface area contributed by atoms with Crippen molar-refractivity contribution in [2.24, 2.45) is 5.92 Å². The topological polar surface area (TPSA) is 113 Å². The molecule has 0 radical (unpaired) electrons. The highest BCUT2D eigenvalue weighted by Gasteiger charge is 2.23. The third-order valence-corrected chi connectivity index (χ3v) is 3.45. The number of nitrogens with one attached hydrogen (secondary N) is 2. The van der Waals surface area contributed by atoms with E-state index >= 15 is 0 Å². The van der Waals surface area contributed by atoms with Crippen LogP contribution in [0.15, 0.2) is 24.3 Å². The molecule has 1 aromatic rings. The fraction of sp³-hybridized carbons (Fsp3) is 0.429. The summed E-state index contributed by atoms with van der Waals surface area (Å²) in [7, 11) is -3.39. The van der Waals surface area contributed by atoms with Crippen molar-refractivity contribution < 1.29 is 23.1 Å². The molecule has 0 aromatic heterocycles. The maximum absolute atomic E-state index is 11.9. The third kappa shape index (κ3) is 6.13. The number of carbonyl (C=O) groups excluding carboxylic acids is 1. The van der Waals surface area contributed by atoms with Crippen molar-refractivity contribution >= 4 is 27.6 Å². The number of benzene rings is 1. The average molecular weight is 328 g/mol. The van der Waals surface area contributed by atoms with Gasteiger partial charge in [0.25, 0.3) is 0 Å². The predicted molar refractivity (Wildman–Crippen MR) is 83.0 cm³/mol. The number of hydrogen-bond donors (Lipinski definition) is 3. The Morgan fingerprint density at radius 2 is 1.91 bits per heavy atom. The maximum atomic E-state index is 11.9. The van der Waals surface area contributed by atoms with Crippen molar-refractivity contribution in [3.05, 3.63) is 29.8 Å². The summed E-state index contributed by atoms with van der Waals surface area (Å²) in [6.07, 6.45) is 1.00. The number of hydrogen-bond acceptors (Lipinski definition) is 4. The summed E-state index contributed by atoms with van der Waals surface area (Å²) in [4.78, 5) is 23.0. The van der Waals surface area contributed by atoms with Crippen molar-refractivity contribution in [3.8, 4) is 0 Å². The zero-order valence-corrected chi connectivity index (χ0v) is 13.5. The largest absolute Gasteiger partial charge is 0.480 e. The van der Waals surface area contributed by atoms with Gasteiger partial charge in [-0.05, 0) is 23.6 Å². The molecule has 0 aliphatic heterocycles. The van der Waals surface area contributed by atoms with E-state index in [4.69, 9.17) is 5.11 Å². The van der Waals surface area contributed by atoms with Gasteiger partial charge in [-0.15, -0.1) is 0 Å². The molecule has 0 aliphatic carbocycles. The fourth-order valence-electron chi connectivity index (χ4n) is 1.88. The number of anilines is 1. The highest BCUT2D eigenvalue weighted by molar-refractivity contribution is 7.92. The molecular weight excluding hydrogens is 308 g/mol. The number of amides is 1. The van der Waals surface area contributed by atoms with Crippen molar-refractivity contribution in [2.45, 2.75) is 26.3 Å². The Morgan fingerprint density at radius 3 is 2.41 bits per heavy atom. The lowest BCUT2D eigenvalue weighted by molar-refractivity contribution is -0.143. The molecule has 0 spiro atoms. The fourth-order valence-corrected chi connectivity index (χ4v) is 2.44. The summed E-state index contributed by atoms with van der Waals surface area (Å²) >= 11 is 0. The van der Waals surface area contributed by atoms with Crippen LogP contribution in [0.1, 0.15) is 19.4 Å². The second kappa shape index (κ2) is 7.26. The second-order valence-corrected chi connectivity index (χ2v) is 7.13. The summed E-state index contributed by atoms with van der Waals surface area (Å²) in [5.74, 6) is -1.76. The molecule has 8 heteroatoms. The van der Waals surface area contributed by atoms with Gasteiger partial charge in [0.2, 0.25) is 15.9 Å². The first-order valence-electron chi connectivity index (χ1n) is 6.67. The van der Waals surface area contributed by atoms with Gasteiger partial charge in [0.15, 0.2) is 0 Å². The maximum Gasteiger partial charge on any atom is 0.326 e. The standard InChI is InChI=1S/C14H20N2O5S/c1-9(2)13(14(18)19)15-12(17)8-10-5-4-6-11(7-10)16-22(3,20)21/h4-7,9,13,16H,8H2,1-3H3,(H,15,17)(H,18,19)/t13-/m1/s1. The molecule has 0 saturated heterocycles. The van der Waals surface area contributed by atoms with Crippen molar-refractivity contribution in [2.75, 3.05) is 11.0 Å². The molecule has 0 heterocycles. The lowest BCUT2D eigenvalue weighted by Crippen LogP contribution is -2.44. The summed E-state index contributed by atoms with van der Waals surface area (Å²) in [6, 6.07) is 5.43. The number of carboxylic acids is 1. The van der Waals surface area contributed by atoms with Crippen LogP contribution in [-0.2, 0) is 26.0 Å². The molecule has 7 nitrogen and oxygen atoms in total. The first-order valence-corrected chi connectivity index (χ1v) is 8.56. The van der Waals surface area contributed by atoms with E-state index in [0.717, 1.165) is 6.26 Å². The molecular formula is C14H20N2O5S. The van der Waals surface area contributed by atoms with E-state index in [0.29, 0.717) is 11.3 Å². The zero-order valence-electron chi connectivity index (χ0n) is 12.7. The SMILES string of the molecule is CC(C)[C@@H](NC(=O)Cc1cccc(NS(C)(=O)=O)c1)C(=O)O. The quantitative estimate of drug-likeness (QED) is 0.686. The first kappa shape index (κ1) is 18.0. The summed E-state index contributed by atoms with van der Waals surface area (Å²) in [6.45, 7) is 3.41. The van der Waals surface area contributed by atoms with Crippen LogP contribution in [0, 0.1) is 5.92 Å². The van der Waals surface area contributed by atoms with Gasteiger partial charge in [-0.2, -0.15) is 0 Å². The normalized spacial score (nSPS) is 12.7. The van der Waals surface area contributed by atoms with Crippen molar-refractivity contribution in [1.82, 2.24) is 5.32 Å². The Kier molecular flexibility index (Phi) is 5.92. The van der Waals surface area contributed by atoms with E-state index in [-0.39, 0.29) is 12.3 Å². The van der Waals surface area contributed by atoms with Crippen LogP contribution in [0.5, 0.6) is 0 Å². The van der Waals surface area contributed by atoms with Crippen LogP contribution in [0.25, 0.3) is 0 Å². The molecule has 122 valence electrons. The Bertz CT molecular complexity index is 655. The molecule has 1 atom stereocenters. The number of sulfonamides is 1. The highest BCUT2D eigenvalue weighted by atomic mass is 32.2. The molecule has 1 rings (SSSR count). The monoisotopic (exact) mass is 328 g/mol. The van der Waals surface area contributed by atoms with E-state index in [1.807, 2.05) is 0 Å². The molecule has 3 N–H and O–H groups in total. The van der Waals surface area contributed by atoms with E-state index in [1.165, 1.54) is 6.07 Å². The molecule has 0 bridgehead atoms. The van der Waals surface area contributed by atoms with E-state index < -0.39 is 27.9 Å². The molecule has 0 fully saturated rings. The Hall–Kier alpha value is -2.09. The molecule has 1 amide bonds. The van der Waals surface area contributed by atoms with Crippen LogP contribution in [0.4, 0.5) is 5.69 Å². The lowest BCUT2D eigenvalue weighted by atomic mass is 10.0. The highest BCUT2D eigenvalue weighted by Crippen LogP contribution is 2.13. The lowest BCUT2D eigenvalue weighted by Gasteiger charge is -2.18. The molecule has 0 aliphatic rings. The van der Waals surface area contributed by atoms with Gasteiger partial charge in [-0.3, -0.25) is 9.52 Å². The summed E-state index contributed by atoms with van der Waals surface area (Å²) in [5, 5.41) is 11.5. The van der Waals surface area contributed by atoms with Crippen LogP contribution in [-0.4, -0.2) is 37.7 Å². The van der Waals surface area contributed by atoms with Gasteiger partial charge in [0, 0.05) is 5.69 Å². The number of aliphatic carboxylic acids is 1. The van der Waals surface area contributed by atoms with E-state index in [1.54, 1.807) is 32.0 Å². The second-order valence-electron chi connectivity index (χ2n) is 5.38. The van der Waals surface area contributed by atoms with Crippen molar-refractivity contribution in [1.29, 1.82) is 0 Å². The zero-order chi connectivity index (χ0) is 16.9. The Balaban J connectivity index is 2.76. The third-order valence-electron chi connectivity index (χ3n) is 2.84. The summed E-state index contributed by atoms with van der Waals surface area (Å²) in [5.41, 5.74) is 0.936. The Morgan fingerprint density at radius 1 is 1.27 bits per heavy atom. The molecule has 1 aromatic carbocycles.